The summed E-state index contributed by atoms with van der Waals surface area (Å²) in [5, 5.41) is 11.3. The number of aryl methyl sites for hydroxylation is 1. The van der Waals surface area contributed by atoms with Gasteiger partial charge in [-0.2, -0.15) is 0 Å². The average molecular weight is 280 g/mol. The van der Waals surface area contributed by atoms with E-state index in [1.807, 2.05) is 18.7 Å². The van der Waals surface area contributed by atoms with E-state index in [2.05, 4.69) is 0 Å². The highest BCUT2D eigenvalue weighted by Crippen LogP contribution is 2.35. The molecular weight excluding hydrogens is 260 g/mol. The molecule has 110 valence electrons. The molecule has 0 aromatic heterocycles. The Bertz CT molecular complexity index is 504. The molecule has 6 nitrogen and oxygen atoms in total. The lowest BCUT2D eigenvalue weighted by Crippen LogP contribution is -2.30. The van der Waals surface area contributed by atoms with Crippen molar-refractivity contribution in [2.24, 2.45) is 0 Å². The van der Waals surface area contributed by atoms with Gasteiger partial charge in [0.1, 0.15) is 11.4 Å². The third-order valence-electron chi connectivity index (χ3n) is 3.48. The first-order valence-corrected chi connectivity index (χ1v) is 6.72. The number of benzene rings is 1. The zero-order valence-corrected chi connectivity index (χ0v) is 12.1. The van der Waals surface area contributed by atoms with Crippen LogP contribution in [0.5, 0.6) is 5.75 Å². The smallest absolute Gasteiger partial charge is 0.293 e. The number of nitro groups is 1. The quantitative estimate of drug-likeness (QED) is 0.629. The molecular formula is C14H20N2O4. The fraction of sp³-hybridized carbons (Fsp3) is 0.571. The van der Waals surface area contributed by atoms with Gasteiger partial charge >= 0.3 is 0 Å². The van der Waals surface area contributed by atoms with Crippen LogP contribution in [0.15, 0.2) is 12.1 Å². The topological polar surface area (TPSA) is 64.8 Å². The molecule has 0 amide bonds. The van der Waals surface area contributed by atoms with Gasteiger partial charge in [-0.3, -0.25) is 10.1 Å². The molecule has 0 aliphatic carbocycles. The van der Waals surface area contributed by atoms with Crippen molar-refractivity contribution in [1.82, 2.24) is 0 Å². The molecule has 2 rings (SSSR count). The Balaban J connectivity index is 2.44. The van der Waals surface area contributed by atoms with Gasteiger partial charge in [0.15, 0.2) is 0 Å². The zero-order chi connectivity index (χ0) is 14.7. The summed E-state index contributed by atoms with van der Waals surface area (Å²) in [5.74, 6) is 0.670. The second-order valence-corrected chi connectivity index (χ2v) is 5.05. The highest BCUT2D eigenvalue weighted by atomic mass is 16.6. The lowest BCUT2D eigenvalue weighted by Gasteiger charge is -2.24. The molecule has 20 heavy (non-hydrogen) atoms. The van der Waals surface area contributed by atoms with E-state index in [4.69, 9.17) is 9.47 Å². The molecule has 1 atom stereocenters. The fourth-order valence-corrected chi connectivity index (χ4v) is 2.49. The van der Waals surface area contributed by atoms with Gasteiger partial charge in [0.05, 0.1) is 18.1 Å². The lowest BCUT2D eigenvalue weighted by molar-refractivity contribution is -0.384. The van der Waals surface area contributed by atoms with Crippen LogP contribution < -0.4 is 9.64 Å². The van der Waals surface area contributed by atoms with Crippen molar-refractivity contribution >= 4 is 11.4 Å². The van der Waals surface area contributed by atoms with Crippen LogP contribution in [-0.4, -0.2) is 37.8 Å². The van der Waals surface area contributed by atoms with Crippen LogP contribution in [-0.2, 0) is 4.74 Å². The fourth-order valence-electron chi connectivity index (χ4n) is 2.49. The Kier molecular flexibility index (Phi) is 4.44. The first kappa shape index (κ1) is 14.6. The molecule has 1 aliphatic heterocycles. The van der Waals surface area contributed by atoms with Crippen molar-refractivity contribution in [1.29, 1.82) is 0 Å². The maximum atomic E-state index is 11.3. The summed E-state index contributed by atoms with van der Waals surface area (Å²) < 4.78 is 10.9. The molecule has 1 aromatic carbocycles. The molecule has 0 unspecified atom stereocenters. The van der Waals surface area contributed by atoms with E-state index in [-0.39, 0.29) is 16.7 Å². The Labute approximate surface area is 118 Å². The predicted molar refractivity (Wildman–Crippen MR) is 76.6 cm³/mol. The normalized spacial score (nSPS) is 19.6. The number of anilines is 1. The standard InChI is InChI=1S/C14H20N2O4/c1-10-7-13(16(17)18)12(8-14(10)19-3)15-5-4-6-20-11(2)9-15/h7-8,11H,4-6,9H2,1-3H3/t11-/m1/s1. The van der Waals surface area contributed by atoms with Crippen molar-refractivity contribution < 1.29 is 14.4 Å². The Morgan fingerprint density at radius 1 is 1.50 bits per heavy atom. The van der Waals surface area contributed by atoms with Crippen molar-refractivity contribution in [2.75, 3.05) is 31.7 Å². The largest absolute Gasteiger partial charge is 0.496 e. The van der Waals surface area contributed by atoms with Crippen LogP contribution >= 0.6 is 0 Å². The molecule has 1 fully saturated rings. The van der Waals surface area contributed by atoms with Crippen LogP contribution in [0.3, 0.4) is 0 Å². The molecule has 0 saturated carbocycles. The summed E-state index contributed by atoms with van der Waals surface area (Å²) in [7, 11) is 1.58. The number of nitro benzene ring substituents is 1. The van der Waals surface area contributed by atoms with Gasteiger partial charge in [-0.05, 0) is 25.8 Å². The van der Waals surface area contributed by atoms with E-state index in [0.29, 0.717) is 24.6 Å². The van der Waals surface area contributed by atoms with E-state index in [0.717, 1.165) is 18.5 Å². The van der Waals surface area contributed by atoms with Crippen LogP contribution in [0.4, 0.5) is 11.4 Å². The Morgan fingerprint density at radius 2 is 2.25 bits per heavy atom. The van der Waals surface area contributed by atoms with E-state index >= 15 is 0 Å². The summed E-state index contributed by atoms with van der Waals surface area (Å²) in [6.45, 7) is 5.87. The van der Waals surface area contributed by atoms with Gasteiger partial charge in [-0.1, -0.05) is 0 Å². The van der Waals surface area contributed by atoms with Gasteiger partial charge in [0.2, 0.25) is 0 Å². The third kappa shape index (κ3) is 3.01. The molecule has 1 saturated heterocycles. The maximum absolute atomic E-state index is 11.3. The number of hydrogen-bond donors (Lipinski definition) is 0. The van der Waals surface area contributed by atoms with Gasteiger partial charge in [-0.25, -0.2) is 0 Å². The molecule has 0 bridgehead atoms. The Morgan fingerprint density at radius 3 is 2.90 bits per heavy atom. The number of nitrogens with zero attached hydrogens (tertiary/aromatic N) is 2. The molecule has 6 heteroatoms. The van der Waals surface area contributed by atoms with Crippen LogP contribution in [0, 0.1) is 17.0 Å². The molecule has 1 aliphatic rings. The first-order valence-electron chi connectivity index (χ1n) is 6.72. The van der Waals surface area contributed by atoms with E-state index < -0.39 is 0 Å². The van der Waals surface area contributed by atoms with Gasteiger partial charge in [0, 0.05) is 31.8 Å². The minimum atomic E-state index is -0.335. The summed E-state index contributed by atoms with van der Waals surface area (Å²) in [5.41, 5.74) is 1.49. The summed E-state index contributed by atoms with van der Waals surface area (Å²) in [6, 6.07) is 3.33. The number of ether oxygens (including phenoxy) is 2. The van der Waals surface area contributed by atoms with E-state index in [1.54, 1.807) is 19.2 Å². The second-order valence-electron chi connectivity index (χ2n) is 5.05. The number of methoxy groups -OCH3 is 1. The predicted octanol–water partition coefficient (Wildman–Crippen LogP) is 2.53. The molecule has 0 radical (unpaired) electrons. The summed E-state index contributed by atoms with van der Waals surface area (Å²) >= 11 is 0. The van der Waals surface area contributed by atoms with Crippen molar-refractivity contribution in [3.05, 3.63) is 27.8 Å². The summed E-state index contributed by atoms with van der Waals surface area (Å²) in [4.78, 5) is 13.0. The van der Waals surface area contributed by atoms with Gasteiger partial charge < -0.3 is 14.4 Å². The highest BCUT2D eigenvalue weighted by Gasteiger charge is 2.24. The van der Waals surface area contributed by atoms with Crippen molar-refractivity contribution in [3.63, 3.8) is 0 Å². The zero-order valence-electron chi connectivity index (χ0n) is 12.1. The molecule has 1 heterocycles. The van der Waals surface area contributed by atoms with Gasteiger partial charge in [-0.15, -0.1) is 0 Å². The third-order valence-corrected chi connectivity index (χ3v) is 3.48. The monoisotopic (exact) mass is 280 g/mol. The Hall–Kier alpha value is -1.82. The lowest BCUT2D eigenvalue weighted by atomic mass is 10.1. The number of hydrogen-bond acceptors (Lipinski definition) is 5. The van der Waals surface area contributed by atoms with Crippen molar-refractivity contribution in [3.8, 4) is 5.75 Å². The molecule has 0 spiro atoms. The van der Waals surface area contributed by atoms with Gasteiger partial charge in [0.25, 0.3) is 5.69 Å². The van der Waals surface area contributed by atoms with Crippen molar-refractivity contribution in [2.45, 2.75) is 26.4 Å². The highest BCUT2D eigenvalue weighted by molar-refractivity contribution is 5.68. The average Bonchev–Trinajstić information content (AvgIpc) is 2.63. The molecule has 1 aromatic rings. The van der Waals surface area contributed by atoms with Crippen LogP contribution in [0.25, 0.3) is 0 Å². The van der Waals surface area contributed by atoms with Crippen LogP contribution in [0.2, 0.25) is 0 Å². The second kappa shape index (κ2) is 6.09. The maximum Gasteiger partial charge on any atom is 0.293 e. The molecule has 0 N–H and O–H groups in total. The number of rotatable bonds is 3. The first-order chi connectivity index (χ1) is 9.52. The van der Waals surface area contributed by atoms with Crippen LogP contribution in [0.1, 0.15) is 18.9 Å². The summed E-state index contributed by atoms with van der Waals surface area (Å²) in [6.07, 6.45) is 0.918. The minimum Gasteiger partial charge on any atom is -0.496 e. The SMILES string of the molecule is COc1cc(N2CCCO[C@H](C)C2)c([N+](=O)[O-])cc1C. The van der Waals surface area contributed by atoms with E-state index in [1.165, 1.54) is 0 Å². The minimum absolute atomic E-state index is 0.0596. The van der Waals surface area contributed by atoms with E-state index in [9.17, 15) is 10.1 Å².